The summed E-state index contributed by atoms with van der Waals surface area (Å²) in [5.74, 6) is 0. The fourth-order valence-corrected chi connectivity index (χ4v) is 6.14. The largest absolute Gasteiger partial charge is 0.500 e. The average Bonchev–Trinajstić information content (AvgIpc) is 3.49. The molecule has 245 valence electrons. The first-order valence-electron chi connectivity index (χ1n) is 16.3. The van der Waals surface area contributed by atoms with Gasteiger partial charge in [-0.05, 0) is 71.5 Å². The minimum Gasteiger partial charge on any atom is -0.500 e. The fraction of sp³-hybridized carbons (Fsp3) is 0.159. The molecule has 0 unspecified atom stereocenters. The van der Waals surface area contributed by atoms with Gasteiger partial charge in [0.1, 0.15) is 5.58 Å². The maximum Gasteiger partial charge on any atom is 0.128 e. The third-order valence-corrected chi connectivity index (χ3v) is 8.47. The third kappa shape index (κ3) is 7.39. The SMILES string of the molecule is CC(C)(C)Cc1ccc(-c2ccnc(-c3[c-]cccc3)c2)cc1.Cc1ccc(-c2[c-]ccc3c2oc2c4ccnc(C)c4ccc32)nc1.[Ir]. The van der Waals surface area contributed by atoms with E-state index in [9.17, 15) is 0 Å². The third-order valence-electron chi connectivity index (χ3n) is 8.47. The van der Waals surface area contributed by atoms with Crippen LogP contribution >= 0.6 is 0 Å². The molecule has 0 saturated heterocycles. The van der Waals surface area contributed by atoms with E-state index in [1.54, 1.807) is 0 Å². The Labute approximate surface area is 301 Å². The van der Waals surface area contributed by atoms with E-state index in [2.05, 4.69) is 109 Å². The van der Waals surface area contributed by atoms with E-state index in [0.29, 0.717) is 5.41 Å². The summed E-state index contributed by atoms with van der Waals surface area (Å²) >= 11 is 0. The topological polar surface area (TPSA) is 51.8 Å². The fourth-order valence-electron chi connectivity index (χ4n) is 6.14. The van der Waals surface area contributed by atoms with Crippen molar-refractivity contribution in [1.29, 1.82) is 0 Å². The first-order chi connectivity index (χ1) is 23.2. The first-order valence-corrected chi connectivity index (χ1v) is 16.3. The number of rotatable bonds is 4. The van der Waals surface area contributed by atoms with Crippen LogP contribution in [0.15, 0.2) is 126 Å². The Balaban J connectivity index is 0.000000167. The Kier molecular flexibility index (Phi) is 9.87. The van der Waals surface area contributed by atoms with Gasteiger partial charge in [0.05, 0.1) is 5.58 Å². The molecule has 1 radical (unpaired) electrons. The number of aryl methyl sites for hydroxylation is 2. The molecule has 8 aromatic rings. The zero-order valence-electron chi connectivity index (χ0n) is 28.3. The Hall–Kier alpha value is -4.96. The summed E-state index contributed by atoms with van der Waals surface area (Å²) in [7, 11) is 0. The summed E-state index contributed by atoms with van der Waals surface area (Å²) in [6.07, 6.45) is 6.66. The van der Waals surface area contributed by atoms with E-state index in [1.807, 2.05) is 74.9 Å². The molecule has 0 fully saturated rings. The predicted molar refractivity (Wildman–Crippen MR) is 198 cm³/mol. The van der Waals surface area contributed by atoms with Gasteiger partial charge in [0.25, 0.3) is 0 Å². The Morgan fingerprint density at radius 1 is 0.633 bits per heavy atom. The van der Waals surface area contributed by atoms with Crippen LogP contribution in [-0.2, 0) is 26.5 Å². The number of hydrogen-bond donors (Lipinski definition) is 0. The van der Waals surface area contributed by atoms with Crippen molar-refractivity contribution in [1.82, 2.24) is 15.0 Å². The standard InChI is InChI=1S/C22H15N2O.C22H22N.Ir/c1-13-6-9-20(24-12-13)19-5-3-4-16-17-8-7-15-14(2)23-11-10-18(15)21(17)25-22(16)19;1-22(2,3)16-17-9-11-18(12-10-17)20-13-14-23-21(15-20)19-7-5-4-6-8-19;/h3-4,6-12H,1-2H3;4-7,9-15H,16H2,1-3H3;/q2*-1;. The summed E-state index contributed by atoms with van der Waals surface area (Å²) in [5, 5.41) is 4.40. The molecule has 0 aliphatic heterocycles. The van der Waals surface area contributed by atoms with Gasteiger partial charge in [0, 0.05) is 60.5 Å². The van der Waals surface area contributed by atoms with Gasteiger partial charge in [-0.15, -0.1) is 54.1 Å². The molecule has 4 heterocycles. The minimum atomic E-state index is 0. The molecule has 4 aromatic carbocycles. The number of nitrogens with zero attached hydrogens (tertiary/aromatic N) is 3. The number of benzene rings is 4. The number of fused-ring (bicyclic) bond motifs is 5. The molecule has 0 atom stereocenters. The van der Waals surface area contributed by atoms with Crippen LogP contribution in [0, 0.1) is 31.4 Å². The van der Waals surface area contributed by atoms with Crippen LogP contribution in [0.2, 0.25) is 0 Å². The molecule has 0 N–H and O–H groups in total. The monoisotopic (exact) mass is 816 g/mol. The van der Waals surface area contributed by atoms with E-state index in [4.69, 9.17) is 4.42 Å². The predicted octanol–water partition coefficient (Wildman–Crippen LogP) is 11.4. The Bertz CT molecular complexity index is 2350. The zero-order chi connectivity index (χ0) is 33.3. The van der Waals surface area contributed by atoms with Gasteiger partial charge in [-0.25, -0.2) is 0 Å². The van der Waals surface area contributed by atoms with Crippen molar-refractivity contribution in [3.63, 3.8) is 0 Å². The molecule has 4 aromatic heterocycles. The van der Waals surface area contributed by atoms with Crippen molar-refractivity contribution in [2.24, 2.45) is 5.41 Å². The maximum atomic E-state index is 6.34. The maximum absolute atomic E-state index is 6.34. The molecule has 0 aliphatic rings. The van der Waals surface area contributed by atoms with Crippen LogP contribution in [-0.4, -0.2) is 15.0 Å². The number of pyridine rings is 3. The van der Waals surface area contributed by atoms with Crippen molar-refractivity contribution in [3.8, 4) is 33.6 Å². The van der Waals surface area contributed by atoms with Crippen LogP contribution in [0.4, 0.5) is 0 Å². The van der Waals surface area contributed by atoms with Crippen LogP contribution in [0.25, 0.3) is 66.4 Å². The Morgan fingerprint density at radius 3 is 2.12 bits per heavy atom. The molecule has 8 rings (SSSR count). The molecule has 4 nitrogen and oxygen atoms in total. The van der Waals surface area contributed by atoms with Crippen molar-refractivity contribution in [2.45, 2.75) is 41.0 Å². The van der Waals surface area contributed by atoms with Crippen LogP contribution < -0.4 is 0 Å². The summed E-state index contributed by atoms with van der Waals surface area (Å²) in [4.78, 5) is 13.4. The number of aromatic nitrogens is 3. The van der Waals surface area contributed by atoms with Crippen molar-refractivity contribution in [2.75, 3.05) is 0 Å². The van der Waals surface area contributed by atoms with Gasteiger partial charge in [-0.1, -0.05) is 86.3 Å². The molecule has 0 amide bonds. The van der Waals surface area contributed by atoms with E-state index < -0.39 is 0 Å². The minimum absolute atomic E-state index is 0. The molecule has 0 bridgehead atoms. The molecular formula is C44H37IrN3O-2. The van der Waals surface area contributed by atoms with Gasteiger partial charge in [0.2, 0.25) is 0 Å². The molecule has 0 spiro atoms. The molecule has 0 saturated carbocycles. The van der Waals surface area contributed by atoms with Gasteiger partial charge in [-0.2, -0.15) is 0 Å². The van der Waals surface area contributed by atoms with Gasteiger partial charge in [0.15, 0.2) is 0 Å². The molecular weight excluding hydrogens is 779 g/mol. The van der Waals surface area contributed by atoms with E-state index in [0.717, 1.165) is 72.9 Å². The second-order valence-electron chi connectivity index (χ2n) is 13.5. The first kappa shape index (κ1) is 33.9. The summed E-state index contributed by atoms with van der Waals surface area (Å²) < 4.78 is 6.34. The van der Waals surface area contributed by atoms with Crippen molar-refractivity contribution in [3.05, 3.63) is 151 Å². The summed E-state index contributed by atoms with van der Waals surface area (Å²) in [5.41, 5.74) is 11.7. The Morgan fingerprint density at radius 2 is 1.39 bits per heavy atom. The number of hydrogen-bond acceptors (Lipinski definition) is 4. The van der Waals surface area contributed by atoms with Crippen molar-refractivity contribution >= 4 is 32.7 Å². The van der Waals surface area contributed by atoms with Crippen LogP contribution in [0.1, 0.15) is 37.6 Å². The van der Waals surface area contributed by atoms with Gasteiger partial charge < -0.3 is 14.4 Å². The van der Waals surface area contributed by atoms with E-state index in [1.165, 1.54) is 16.7 Å². The number of furan rings is 1. The summed E-state index contributed by atoms with van der Waals surface area (Å²) in [6.45, 7) is 10.9. The van der Waals surface area contributed by atoms with Gasteiger partial charge >= 0.3 is 0 Å². The molecule has 49 heavy (non-hydrogen) atoms. The van der Waals surface area contributed by atoms with E-state index in [-0.39, 0.29) is 20.1 Å². The quantitative estimate of drug-likeness (QED) is 0.166. The second-order valence-corrected chi connectivity index (χ2v) is 13.5. The normalized spacial score (nSPS) is 11.3. The second kappa shape index (κ2) is 14.3. The van der Waals surface area contributed by atoms with Crippen LogP contribution in [0.5, 0.6) is 0 Å². The van der Waals surface area contributed by atoms with Gasteiger partial charge in [-0.3, -0.25) is 4.98 Å². The molecule has 5 heteroatoms. The van der Waals surface area contributed by atoms with Crippen LogP contribution in [0.3, 0.4) is 0 Å². The smallest absolute Gasteiger partial charge is 0.128 e. The zero-order valence-corrected chi connectivity index (χ0v) is 30.7. The molecule has 0 aliphatic carbocycles. The van der Waals surface area contributed by atoms with Crippen molar-refractivity contribution < 1.29 is 24.5 Å². The van der Waals surface area contributed by atoms with E-state index >= 15 is 0 Å². The summed E-state index contributed by atoms with van der Waals surface area (Å²) in [6, 6.07) is 41.9. The average molecular weight is 816 g/mol.